The van der Waals surface area contributed by atoms with Gasteiger partial charge in [-0.2, -0.15) is 8.78 Å². The number of nitrogens with one attached hydrogen (secondary N) is 2. The Morgan fingerprint density at radius 1 is 1.04 bits per heavy atom. The second-order valence-electron chi connectivity index (χ2n) is 11.7. The van der Waals surface area contributed by atoms with E-state index in [2.05, 4.69) is 30.3 Å². The molecule has 0 amide bonds. The van der Waals surface area contributed by atoms with E-state index in [-0.39, 0.29) is 29.8 Å². The zero-order chi connectivity index (χ0) is 35.1. The molecule has 3 heterocycles. The standard InChI is InChI=1S/C34H35F3N6O6/c1-19-28(10-9-25(44)13-26(45)14-31(46)47)29(20-2-4-21(35)5-3-20)18-43(32(19)48)24-8-11-30(38-15-24)41-22-6-7-23(12-22)42-34-39-16-27(17-40-34)49-33(36)37/h2-5,8-11,15-18,22-23,25-26,33,44-45H,6-7,12-14H2,1H3,(H,38,41)(H,46,47)(H,39,40,42)/b10-9+/t22-,23-,25+,26+/m0/s1. The first kappa shape index (κ1) is 35.0. The second kappa shape index (κ2) is 15.7. The van der Waals surface area contributed by atoms with Gasteiger partial charge in [-0.25, -0.2) is 19.3 Å². The summed E-state index contributed by atoms with van der Waals surface area (Å²) in [5.41, 5.74) is 2.11. The largest absolute Gasteiger partial charge is 0.481 e. The van der Waals surface area contributed by atoms with Gasteiger partial charge in [-0.15, -0.1) is 0 Å². The number of hydrogen-bond donors (Lipinski definition) is 5. The number of nitrogens with zero attached hydrogens (tertiary/aromatic N) is 4. The number of carbonyl (C=O) groups is 1. The summed E-state index contributed by atoms with van der Waals surface area (Å²) < 4.78 is 44.2. The van der Waals surface area contributed by atoms with E-state index < -0.39 is 37.0 Å². The molecule has 0 radical (unpaired) electrons. The van der Waals surface area contributed by atoms with Gasteiger partial charge in [0.1, 0.15) is 11.6 Å². The molecule has 15 heteroatoms. The summed E-state index contributed by atoms with van der Waals surface area (Å²) in [5, 5.41) is 35.8. The minimum atomic E-state index is -2.95. The minimum Gasteiger partial charge on any atom is -0.481 e. The molecule has 0 saturated heterocycles. The summed E-state index contributed by atoms with van der Waals surface area (Å²) in [6, 6.07) is 9.37. The molecular weight excluding hydrogens is 645 g/mol. The fourth-order valence-electron chi connectivity index (χ4n) is 5.67. The summed E-state index contributed by atoms with van der Waals surface area (Å²) in [5.74, 6) is -0.844. The number of carboxylic acids is 1. The van der Waals surface area contributed by atoms with E-state index in [9.17, 15) is 33.0 Å². The van der Waals surface area contributed by atoms with Crippen LogP contribution in [0.3, 0.4) is 0 Å². The molecule has 0 aliphatic heterocycles. The third kappa shape index (κ3) is 9.42. The molecule has 4 aromatic rings. The minimum absolute atomic E-state index is 0.0496. The molecule has 1 aliphatic rings. The van der Waals surface area contributed by atoms with Crippen LogP contribution < -0.4 is 20.9 Å². The van der Waals surface area contributed by atoms with Gasteiger partial charge < -0.3 is 30.7 Å². The predicted octanol–water partition coefficient (Wildman–Crippen LogP) is 4.78. The fraction of sp³-hybridized carbons (Fsp3) is 0.324. The molecule has 5 N–H and O–H groups in total. The van der Waals surface area contributed by atoms with E-state index in [0.717, 1.165) is 19.3 Å². The van der Waals surface area contributed by atoms with E-state index in [1.54, 1.807) is 43.6 Å². The van der Waals surface area contributed by atoms with Crippen LogP contribution in [0.25, 0.3) is 22.9 Å². The zero-order valence-corrected chi connectivity index (χ0v) is 26.3. The second-order valence-corrected chi connectivity index (χ2v) is 11.7. The average Bonchev–Trinajstić information content (AvgIpc) is 3.49. The molecule has 49 heavy (non-hydrogen) atoms. The summed E-state index contributed by atoms with van der Waals surface area (Å²) in [6.45, 7) is -1.33. The van der Waals surface area contributed by atoms with Gasteiger partial charge in [-0.1, -0.05) is 24.3 Å². The Labute approximate surface area is 279 Å². The Hall–Kier alpha value is -5.28. The highest BCUT2D eigenvalue weighted by Crippen LogP contribution is 2.29. The van der Waals surface area contributed by atoms with Crippen LogP contribution in [-0.4, -0.2) is 71.7 Å². The number of hydrogen-bond acceptors (Lipinski definition) is 10. The molecule has 1 saturated carbocycles. The number of aromatic nitrogens is 4. The van der Waals surface area contributed by atoms with Gasteiger partial charge in [-0.3, -0.25) is 14.2 Å². The van der Waals surface area contributed by atoms with Crippen molar-refractivity contribution in [2.45, 2.75) is 69.9 Å². The lowest BCUT2D eigenvalue weighted by atomic mass is 9.97. The number of pyridine rings is 2. The van der Waals surface area contributed by atoms with Gasteiger partial charge in [0, 0.05) is 35.8 Å². The Balaban J connectivity index is 1.30. The molecule has 1 aliphatic carbocycles. The van der Waals surface area contributed by atoms with Crippen LogP contribution in [0.4, 0.5) is 24.9 Å². The van der Waals surface area contributed by atoms with E-state index >= 15 is 0 Å². The first-order valence-electron chi connectivity index (χ1n) is 15.5. The number of benzene rings is 1. The van der Waals surface area contributed by atoms with Crippen molar-refractivity contribution in [2.24, 2.45) is 0 Å². The van der Waals surface area contributed by atoms with Crippen molar-refractivity contribution < 1.29 is 38.0 Å². The normalized spacial score (nSPS) is 17.3. The molecular formula is C34H35F3N6O6. The highest BCUT2D eigenvalue weighted by Gasteiger charge is 2.25. The number of aliphatic hydroxyl groups excluding tert-OH is 2. The molecule has 1 fully saturated rings. The first-order chi connectivity index (χ1) is 23.4. The maximum atomic E-state index is 13.8. The van der Waals surface area contributed by atoms with E-state index in [1.807, 2.05) is 0 Å². The molecule has 4 atom stereocenters. The highest BCUT2D eigenvalue weighted by molar-refractivity contribution is 5.77. The van der Waals surface area contributed by atoms with Gasteiger partial charge in [0.25, 0.3) is 5.56 Å². The highest BCUT2D eigenvalue weighted by atomic mass is 19.3. The molecule has 5 rings (SSSR count). The number of aliphatic carboxylic acids is 1. The quantitative estimate of drug-likeness (QED) is 0.124. The topological polar surface area (TPSA) is 172 Å². The van der Waals surface area contributed by atoms with Crippen LogP contribution in [0, 0.1) is 12.7 Å². The smallest absolute Gasteiger partial charge is 0.387 e. The maximum absolute atomic E-state index is 13.8. The van der Waals surface area contributed by atoms with Crippen molar-refractivity contribution >= 4 is 23.8 Å². The van der Waals surface area contributed by atoms with Crippen LogP contribution in [0.15, 0.2) is 72.1 Å². The number of rotatable bonds is 14. The number of aliphatic hydroxyl groups is 2. The summed E-state index contributed by atoms with van der Waals surface area (Å²) in [4.78, 5) is 37.0. The number of ether oxygens (including phenoxy) is 1. The van der Waals surface area contributed by atoms with Crippen LogP contribution in [0.2, 0.25) is 0 Å². The summed E-state index contributed by atoms with van der Waals surface area (Å²) >= 11 is 0. The Kier molecular flexibility index (Phi) is 11.3. The molecule has 0 spiro atoms. The summed E-state index contributed by atoms with van der Waals surface area (Å²) in [6.07, 6.45) is 7.66. The maximum Gasteiger partial charge on any atom is 0.387 e. The van der Waals surface area contributed by atoms with Gasteiger partial charge in [0.15, 0.2) is 5.75 Å². The van der Waals surface area contributed by atoms with Gasteiger partial charge >= 0.3 is 12.6 Å². The molecule has 1 aromatic carbocycles. The third-order valence-electron chi connectivity index (χ3n) is 8.05. The number of alkyl halides is 2. The Morgan fingerprint density at radius 2 is 1.73 bits per heavy atom. The lowest BCUT2D eigenvalue weighted by molar-refractivity contribution is -0.139. The molecule has 3 aromatic heterocycles. The van der Waals surface area contributed by atoms with E-state index in [1.165, 1.54) is 41.2 Å². The van der Waals surface area contributed by atoms with Crippen molar-refractivity contribution in [1.82, 2.24) is 19.5 Å². The van der Waals surface area contributed by atoms with Crippen LogP contribution in [0.1, 0.15) is 43.2 Å². The number of carboxylic acid groups (broad SMARTS) is 1. The van der Waals surface area contributed by atoms with Crippen molar-refractivity contribution in [1.29, 1.82) is 0 Å². The monoisotopic (exact) mass is 680 g/mol. The molecule has 258 valence electrons. The lowest BCUT2D eigenvalue weighted by Gasteiger charge is -2.17. The van der Waals surface area contributed by atoms with Crippen LogP contribution >= 0.6 is 0 Å². The van der Waals surface area contributed by atoms with Crippen molar-refractivity contribution in [3.63, 3.8) is 0 Å². The van der Waals surface area contributed by atoms with Crippen LogP contribution in [-0.2, 0) is 4.79 Å². The third-order valence-corrected chi connectivity index (χ3v) is 8.05. The van der Waals surface area contributed by atoms with E-state index in [0.29, 0.717) is 39.7 Å². The fourth-order valence-corrected chi connectivity index (χ4v) is 5.67. The van der Waals surface area contributed by atoms with Gasteiger partial charge in [0.05, 0.1) is 42.9 Å². The number of halogens is 3. The molecule has 0 bridgehead atoms. The average molecular weight is 681 g/mol. The van der Waals surface area contributed by atoms with Gasteiger partial charge in [-0.05, 0) is 61.6 Å². The Morgan fingerprint density at radius 3 is 2.37 bits per heavy atom. The predicted molar refractivity (Wildman–Crippen MR) is 175 cm³/mol. The van der Waals surface area contributed by atoms with Crippen molar-refractivity contribution in [3.8, 4) is 22.6 Å². The first-order valence-corrected chi connectivity index (χ1v) is 15.5. The van der Waals surface area contributed by atoms with Crippen LogP contribution in [0.5, 0.6) is 5.75 Å². The molecule has 0 unspecified atom stereocenters. The van der Waals surface area contributed by atoms with Crippen molar-refractivity contribution in [3.05, 3.63) is 94.6 Å². The zero-order valence-electron chi connectivity index (χ0n) is 26.3. The van der Waals surface area contributed by atoms with E-state index in [4.69, 9.17) is 5.11 Å². The lowest BCUT2D eigenvalue weighted by Crippen LogP contribution is -2.23. The number of anilines is 2. The van der Waals surface area contributed by atoms with Gasteiger partial charge in [0.2, 0.25) is 5.95 Å². The Bertz CT molecular complexity index is 1820. The van der Waals surface area contributed by atoms with Crippen molar-refractivity contribution in [2.75, 3.05) is 10.6 Å². The summed E-state index contributed by atoms with van der Waals surface area (Å²) in [7, 11) is 0. The SMILES string of the molecule is Cc1c(/C=C/[C@@H](O)C[C@@H](O)CC(=O)O)c(-c2ccc(F)cc2)cn(-c2ccc(N[C@H]3CC[C@H](Nc4ncc(OC(F)F)cn4)C3)nc2)c1=O. The molecule has 12 nitrogen and oxygen atoms in total.